The Morgan fingerprint density at radius 3 is 3.12 bits per heavy atom. The van der Waals surface area contributed by atoms with Gasteiger partial charge in [0.1, 0.15) is 12.1 Å². The maximum absolute atomic E-state index is 4.42. The maximum atomic E-state index is 4.42. The quantitative estimate of drug-likeness (QED) is 0.852. The standard InChI is InChI=1S/C11H17IN4/c1-2-5-16(9-3-4-13-6-9)11-10(12)7-14-8-15-11/h7-9,13H,2-6H2,1H3. The van der Waals surface area contributed by atoms with Crippen molar-refractivity contribution in [2.45, 2.75) is 25.8 Å². The highest BCUT2D eigenvalue weighted by Crippen LogP contribution is 2.22. The van der Waals surface area contributed by atoms with Crippen molar-refractivity contribution in [3.63, 3.8) is 0 Å². The third-order valence-electron chi connectivity index (χ3n) is 2.86. The second-order valence-electron chi connectivity index (χ2n) is 4.03. The number of nitrogens with zero attached hydrogens (tertiary/aromatic N) is 3. The van der Waals surface area contributed by atoms with Crippen LogP contribution in [0.4, 0.5) is 5.82 Å². The lowest BCUT2D eigenvalue weighted by Crippen LogP contribution is -2.38. The molecule has 1 atom stereocenters. The lowest BCUT2D eigenvalue weighted by atomic mass is 10.2. The molecule has 2 rings (SSSR count). The van der Waals surface area contributed by atoms with E-state index in [4.69, 9.17) is 0 Å². The maximum Gasteiger partial charge on any atom is 0.145 e. The second kappa shape index (κ2) is 5.77. The summed E-state index contributed by atoms with van der Waals surface area (Å²) in [4.78, 5) is 10.9. The molecule has 1 aromatic rings. The Morgan fingerprint density at radius 2 is 2.50 bits per heavy atom. The van der Waals surface area contributed by atoms with Crippen LogP contribution in [0.1, 0.15) is 19.8 Å². The van der Waals surface area contributed by atoms with Gasteiger partial charge in [0.15, 0.2) is 0 Å². The van der Waals surface area contributed by atoms with Crippen molar-refractivity contribution in [1.82, 2.24) is 15.3 Å². The van der Waals surface area contributed by atoms with E-state index in [0.29, 0.717) is 6.04 Å². The van der Waals surface area contributed by atoms with Gasteiger partial charge >= 0.3 is 0 Å². The Labute approximate surface area is 110 Å². The SMILES string of the molecule is CCCN(c1ncncc1I)C1CCNC1. The third kappa shape index (κ3) is 2.63. The van der Waals surface area contributed by atoms with Crippen LogP contribution in [0.25, 0.3) is 0 Å². The van der Waals surface area contributed by atoms with E-state index in [2.05, 4.69) is 49.7 Å². The van der Waals surface area contributed by atoms with Crippen LogP contribution in [0.15, 0.2) is 12.5 Å². The Kier molecular flexibility index (Phi) is 4.34. The van der Waals surface area contributed by atoms with Crippen LogP contribution in [0.2, 0.25) is 0 Å². The third-order valence-corrected chi connectivity index (χ3v) is 3.62. The molecule has 1 N–H and O–H groups in total. The van der Waals surface area contributed by atoms with Gasteiger partial charge in [0.2, 0.25) is 0 Å². The first kappa shape index (κ1) is 12.0. The zero-order valence-corrected chi connectivity index (χ0v) is 11.6. The Hall–Kier alpha value is -0.430. The molecule has 0 saturated carbocycles. The van der Waals surface area contributed by atoms with Crippen LogP contribution >= 0.6 is 22.6 Å². The number of rotatable bonds is 4. The number of hydrogen-bond donors (Lipinski definition) is 1. The molecule has 0 amide bonds. The molecule has 0 aliphatic carbocycles. The topological polar surface area (TPSA) is 41.1 Å². The predicted molar refractivity (Wildman–Crippen MR) is 73.7 cm³/mol. The van der Waals surface area contributed by atoms with Crippen molar-refractivity contribution in [2.24, 2.45) is 0 Å². The van der Waals surface area contributed by atoms with E-state index in [1.54, 1.807) is 6.33 Å². The van der Waals surface area contributed by atoms with Gasteiger partial charge in [0, 0.05) is 25.3 Å². The van der Waals surface area contributed by atoms with E-state index in [0.717, 1.165) is 35.4 Å². The number of aromatic nitrogens is 2. The van der Waals surface area contributed by atoms with Crippen molar-refractivity contribution in [3.8, 4) is 0 Å². The van der Waals surface area contributed by atoms with Crippen LogP contribution in [-0.4, -0.2) is 35.6 Å². The van der Waals surface area contributed by atoms with Crippen LogP contribution in [0.5, 0.6) is 0 Å². The summed E-state index contributed by atoms with van der Waals surface area (Å²) in [6, 6.07) is 0.586. The second-order valence-corrected chi connectivity index (χ2v) is 5.20. The van der Waals surface area contributed by atoms with Crippen molar-refractivity contribution >= 4 is 28.4 Å². The predicted octanol–water partition coefficient (Wildman–Crippen LogP) is 1.66. The fraction of sp³-hybridized carbons (Fsp3) is 0.636. The van der Waals surface area contributed by atoms with Crippen LogP contribution < -0.4 is 10.2 Å². The molecule has 0 spiro atoms. The Balaban J connectivity index is 2.21. The van der Waals surface area contributed by atoms with E-state index in [9.17, 15) is 0 Å². The summed E-state index contributed by atoms with van der Waals surface area (Å²) >= 11 is 2.31. The van der Waals surface area contributed by atoms with Crippen molar-refractivity contribution in [2.75, 3.05) is 24.5 Å². The van der Waals surface area contributed by atoms with Gasteiger partial charge in [-0.25, -0.2) is 9.97 Å². The number of halogens is 1. The zero-order chi connectivity index (χ0) is 11.4. The lowest BCUT2D eigenvalue weighted by Gasteiger charge is -2.29. The van der Waals surface area contributed by atoms with Crippen LogP contribution in [-0.2, 0) is 0 Å². The molecule has 16 heavy (non-hydrogen) atoms. The molecule has 0 bridgehead atoms. The fourth-order valence-electron chi connectivity index (χ4n) is 2.13. The Bertz CT molecular complexity index is 339. The monoisotopic (exact) mass is 332 g/mol. The molecule has 1 aliphatic rings. The van der Waals surface area contributed by atoms with Crippen LogP contribution in [0, 0.1) is 3.57 Å². The van der Waals surface area contributed by atoms with Gasteiger partial charge in [-0.2, -0.15) is 0 Å². The molecule has 1 unspecified atom stereocenters. The van der Waals surface area contributed by atoms with E-state index < -0.39 is 0 Å². The summed E-state index contributed by atoms with van der Waals surface area (Å²) in [6.07, 6.45) is 5.88. The Morgan fingerprint density at radius 1 is 1.62 bits per heavy atom. The van der Waals surface area contributed by atoms with Crippen molar-refractivity contribution < 1.29 is 0 Å². The summed E-state index contributed by atoms with van der Waals surface area (Å²) in [5.41, 5.74) is 0. The highest BCUT2D eigenvalue weighted by Gasteiger charge is 2.24. The van der Waals surface area contributed by atoms with E-state index >= 15 is 0 Å². The summed E-state index contributed by atoms with van der Waals surface area (Å²) < 4.78 is 1.14. The van der Waals surface area contributed by atoms with Gasteiger partial charge < -0.3 is 10.2 Å². The minimum Gasteiger partial charge on any atom is -0.351 e. The van der Waals surface area contributed by atoms with Crippen molar-refractivity contribution in [1.29, 1.82) is 0 Å². The molecule has 0 aromatic carbocycles. The molecule has 5 heteroatoms. The molecule has 0 radical (unpaired) electrons. The number of anilines is 1. The summed E-state index contributed by atoms with van der Waals surface area (Å²) in [6.45, 7) is 5.47. The summed E-state index contributed by atoms with van der Waals surface area (Å²) in [7, 11) is 0. The molecule has 2 heterocycles. The smallest absolute Gasteiger partial charge is 0.145 e. The van der Waals surface area contributed by atoms with E-state index in [1.165, 1.54) is 6.42 Å². The van der Waals surface area contributed by atoms with Gasteiger partial charge in [0.25, 0.3) is 0 Å². The van der Waals surface area contributed by atoms with Gasteiger partial charge in [0.05, 0.1) is 3.57 Å². The van der Waals surface area contributed by atoms with Gasteiger partial charge in [-0.15, -0.1) is 0 Å². The molecule has 88 valence electrons. The normalized spacial score (nSPS) is 20.0. The fourth-order valence-corrected chi connectivity index (χ4v) is 2.74. The highest BCUT2D eigenvalue weighted by molar-refractivity contribution is 14.1. The molecule has 1 aliphatic heterocycles. The number of hydrogen-bond acceptors (Lipinski definition) is 4. The van der Waals surface area contributed by atoms with Gasteiger partial charge in [-0.3, -0.25) is 0 Å². The van der Waals surface area contributed by atoms with Crippen molar-refractivity contribution in [3.05, 3.63) is 16.1 Å². The molecule has 4 nitrogen and oxygen atoms in total. The van der Waals surface area contributed by atoms with Gasteiger partial charge in [-0.1, -0.05) is 6.92 Å². The highest BCUT2D eigenvalue weighted by atomic mass is 127. The van der Waals surface area contributed by atoms with E-state index in [1.807, 2.05) is 6.20 Å². The molecule has 1 aromatic heterocycles. The minimum absolute atomic E-state index is 0.586. The van der Waals surface area contributed by atoms with Crippen LogP contribution in [0.3, 0.4) is 0 Å². The molecule has 1 saturated heterocycles. The zero-order valence-electron chi connectivity index (χ0n) is 9.49. The summed E-state index contributed by atoms with van der Waals surface area (Å²) in [5, 5.41) is 3.41. The molecule has 1 fully saturated rings. The molecular formula is C11H17IN4. The largest absolute Gasteiger partial charge is 0.351 e. The average molecular weight is 332 g/mol. The lowest BCUT2D eigenvalue weighted by molar-refractivity contribution is 0.616. The molecular weight excluding hydrogens is 315 g/mol. The first-order chi connectivity index (χ1) is 7.83. The average Bonchev–Trinajstić information content (AvgIpc) is 2.80. The number of nitrogens with one attached hydrogen (secondary N) is 1. The van der Waals surface area contributed by atoms with E-state index in [-0.39, 0.29) is 0 Å². The first-order valence-electron chi connectivity index (χ1n) is 5.75. The first-order valence-corrected chi connectivity index (χ1v) is 6.83. The van der Waals surface area contributed by atoms with Gasteiger partial charge in [-0.05, 0) is 42.0 Å². The minimum atomic E-state index is 0.586. The summed E-state index contributed by atoms with van der Waals surface area (Å²) in [5.74, 6) is 1.09.